The third-order valence-corrected chi connectivity index (χ3v) is 5.29. The zero-order chi connectivity index (χ0) is 19.0. The van der Waals surface area contributed by atoms with Gasteiger partial charge in [0.25, 0.3) is 5.91 Å². The first-order valence-corrected chi connectivity index (χ1v) is 9.36. The van der Waals surface area contributed by atoms with Crippen molar-refractivity contribution in [3.8, 4) is 0 Å². The first-order valence-electron chi connectivity index (χ1n) is 8.98. The number of amides is 3. The third-order valence-electron chi connectivity index (χ3n) is 5.05. The van der Waals surface area contributed by atoms with Crippen LogP contribution in [0.4, 0.5) is 10.5 Å². The van der Waals surface area contributed by atoms with E-state index in [2.05, 4.69) is 28.1 Å². The number of carbonyl (C=O) groups is 2. The summed E-state index contributed by atoms with van der Waals surface area (Å²) in [7, 11) is 0. The molecular weight excluding hydrogens is 362 g/mol. The predicted molar refractivity (Wildman–Crippen MR) is 106 cm³/mol. The number of aryl methyl sites for hydroxylation is 2. The molecule has 0 saturated heterocycles. The van der Waals surface area contributed by atoms with Crippen molar-refractivity contribution in [1.82, 2.24) is 10.6 Å². The highest BCUT2D eigenvalue weighted by atomic mass is 35.5. The van der Waals surface area contributed by atoms with Crippen LogP contribution in [0.5, 0.6) is 0 Å². The zero-order valence-electron chi connectivity index (χ0n) is 14.9. The Morgan fingerprint density at radius 2 is 1.96 bits per heavy atom. The van der Waals surface area contributed by atoms with Crippen molar-refractivity contribution in [2.24, 2.45) is 0 Å². The van der Waals surface area contributed by atoms with E-state index in [0.717, 1.165) is 24.8 Å². The Morgan fingerprint density at radius 3 is 2.78 bits per heavy atom. The second kappa shape index (κ2) is 7.08. The van der Waals surface area contributed by atoms with Crippen LogP contribution in [-0.4, -0.2) is 11.9 Å². The quantitative estimate of drug-likeness (QED) is 0.749. The van der Waals surface area contributed by atoms with E-state index in [9.17, 15) is 9.59 Å². The number of anilines is 1. The Kier molecular flexibility index (Phi) is 4.62. The summed E-state index contributed by atoms with van der Waals surface area (Å²) >= 11 is 6.01. The maximum Gasteiger partial charge on any atom is 0.319 e. The largest absolute Gasteiger partial charge is 0.327 e. The second-order valence-corrected chi connectivity index (χ2v) is 7.35. The molecule has 0 aromatic heterocycles. The van der Waals surface area contributed by atoms with Crippen molar-refractivity contribution in [3.63, 3.8) is 0 Å². The highest BCUT2D eigenvalue weighted by Gasteiger charge is 2.31. The van der Waals surface area contributed by atoms with Gasteiger partial charge in [-0.05, 0) is 61.1 Å². The predicted octanol–water partition coefficient (Wildman–Crippen LogP) is 4.10. The van der Waals surface area contributed by atoms with Crippen LogP contribution >= 0.6 is 11.6 Å². The summed E-state index contributed by atoms with van der Waals surface area (Å²) < 4.78 is 0. The van der Waals surface area contributed by atoms with Gasteiger partial charge in [0, 0.05) is 16.4 Å². The van der Waals surface area contributed by atoms with Gasteiger partial charge in [-0.2, -0.15) is 0 Å². The summed E-state index contributed by atoms with van der Waals surface area (Å²) in [6, 6.07) is 12.4. The fourth-order valence-corrected chi connectivity index (χ4v) is 3.97. The van der Waals surface area contributed by atoms with Crippen LogP contribution in [-0.2, 0) is 17.6 Å². The van der Waals surface area contributed by atoms with Crippen molar-refractivity contribution in [1.29, 1.82) is 0 Å². The van der Waals surface area contributed by atoms with Crippen molar-refractivity contribution in [3.05, 3.63) is 75.4 Å². The van der Waals surface area contributed by atoms with E-state index >= 15 is 0 Å². The molecule has 1 aliphatic heterocycles. The number of hydrogen-bond donors (Lipinski definition) is 3. The topological polar surface area (TPSA) is 70.2 Å². The first-order chi connectivity index (χ1) is 13.0. The minimum absolute atomic E-state index is 0.271. The SMILES string of the molecule is CC1=C(C(=O)Nc2cccc(Cl)c2)C(c2ccc3c(c2)CCC3)NC(=O)N1. The Labute approximate surface area is 162 Å². The number of halogens is 1. The number of urea groups is 1. The summed E-state index contributed by atoms with van der Waals surface area (Å²) in [4.78, 5) is 25.1. The maximum absolute atomic E-state index is 13.0. The molecule has 2 aromatic rings. The van der Waals surface area contributed by atoms with Crippen LogP contribution in [0, 0.1) is 0 Å². The van der Waals surface area contributed by atoms with Crippen LogP contribution in [0.15, 0.2) is 53.7 Å². The molecule has 2 aromatic carbocycles. The van der Waals surface area contributed by atoms with Crippen molar-refractivity contribution < 1.29 is 9.59 Å². The molecule has 1 unspecified atom stereocenters. The smallest absolute Gasteiger partial charge is 0.319 e. The monoisotopic (exact) mass is 381 g/mol. The zero-order valence-corrected chi connectivity index (χ0v) is 15.7. The summed E-state index contributed by atoms with van der Waals surface area (Å²) in [5, 5.41) is 9.01. The van der Waals surface area contributed by atoms with Gasteiger partial charge in [-0.15, -0.1) is 0 Å². The Bertz CT molecular complexity index is 968. The van der Waals surface area contributed by atoms with Crippen molar-refractivity contribution in [2.75, 3.05) is 5.32 Å². The van der Waals surface area contributed by atoms with Crippen molar-refractivity contribution in [2.45, 2.75) is 32.2 Å². The number of nitrogens with one attached hydrogen (secondary N) is 3. The summed E-state index contributed by atoms with van der Waals surface area (Å²) in [6.45, 7) is 1.74. The molecule has 6 heteroatoms. The Hall–Kier alpha value is -2.79. The molecule has 0 spiro atoms. The number of fused-ring (bicyclic) bond motifs is 1. The van der Waals surface area contributed by atoms with E-state index in [1.54, 1.807) is 31.2 Å². The van der Waals surface area contributed by atoms with Crippen LogP contribution in [0.25, 0.3) is 0 Å². The summed E-state index contributed by atoms with van der Waals surface area (Å²) in [6.07, 6.45) is 3.27. The Balaban J connectivity index is 1.68. The maximum atomic E-state index is 13.0. The van der Waals surface area contributed by atoms with Gasteiger partial charge in [0.05, 0.1) is 11.6 Å². The molecule has 3 amide bonds. The number of carbonyl (C=O) groups excluding carboxylic acids is 2. The molecule has 4 rings (SSSR count). The van der Waals surface area contributed by atoms with Gasteiger partial charge in [0.1, 0.15) is 0 Å². The molecule has 0 radical (unpaired) electrons. The molecule has 27 heavy (non-hydrogen) atoms. The number of allylic oxidation sites excluding steroid dienone is 1. The first kappa shape index (κ1) is 17.6. The van der Waals surface area contributed by atoms with Gasteiger partial charge in [-0.25, -0.2) is 4.79 Å². The van der Waals surface area contributed by atoms with Crippen LogP contribution in [0.1, 0.15) is 36.1 Å². The molecule has 0 fully saturated rings. The van der Waals surface area contributed by atoms with Crippen LogP contribution < -0.4 is 16.0 Å². The van der Waals surface area contributed by atoms with E-state index in [0.29, 0.717) is 22.0 Å². The second-order valence-electron chi connectivity index (χ2n) is 6.92. The Morgan fingerprint density at radius 1 is 1.15 bits per heavy atom. The standard InChI is InChI=1S/C21H20ClN3O2/c1-12-18(20(26)24-17-7-3-6-16(22)11-17)19(25-21(27)23-12)15-9-8-13-4-2-5-14(13)10-15/h3,6-11,19H,2,4-5H2,1H3,(H,24,26)(H2,23,25,27). The number of hydrogen-bond acceptors (Lipinski definition) is 2. The molecule has 138 valence electrons. The fourth-order valence-electron chi connectivity index (χ4n) is 3.78. The molecule has 1 atom stereocenters. The average Bonchev–Trinajstić information content (AvgIpc) is 3.08. The molecular formula is C21H20ClN3O2. The van der Waals surface area contributed by atoms with Gasteiger partial charge < -0.3 is 16.0 Å². The van der Waals surface area contributed by atoms with Gasteiger partial charge in [0.2, 0.25) is 0 Å². The van der Waals surface area contributed by atoms with Gasteiger partial charge in [-0.1, -0.05) is 35.9 Å². The van der Waals surface area contributed by atoms with E-state index < -0.39 is 6.04 Å². The fraction of sp³-hybridized carbons (Fsp3) is 0.238. The van der Waals surface area contributed by atoms with Gasteiger partial charge in [-0.3, -0.25) is 4.79 Å². The molecule has 0 saturated carbocycles. The van der Waals surface area contributed by atoms with Crippen LogP contribution in [0.3, 0.4) is 0 Å². The molecule has 3 N–H and O–H groups in total. The van der Waals surface area contributed by atoms with Crippen molar-refractivity contribution >= 4 is 29.2 Å². The molecule has 1 aliphatic carbocycles. The summed E-state index contributed by atoms with van der Waals surface area (Å²) in [5.74, 6) is -0.271. The lowest BCUT2D eigenvalue weighted by atomic mass is 9.92. The van der Waals surface area contributed by atoms with Crippen LogP contribution in [0.2, 0.25) is 5.02 Å². The minimum atomic E-state index is -0.496. The van der Waals surface area contributed by atoms with E-state index in [1.165, 1.54) is 11.1 Å². The molecule has 0 bridgehead atoms. The average molecular weight is 382 g/mol. The molecule has 2 aliphatic rings. The van der Waals surface area contributed by atoms with Gasteiger partial charge in [0.15, 0.2) is 0 Å². The minimum Gasteiger partial charge on any atom is -0.327 e. The number of rotatable bonds is 3. The lowest BCUT2D eigenvalue weighted by Crippen LogP contribution is -2.46. The van der Waals surface area contributed by atoms with E-state index in [4.69, 9.17) is 11.6 Å². The van der Waals surface area contributed by atoms with E-state index in [-0.39, 0.29) is 11.9 Å². The summed E-state index contributed by atoms with van der Waals surface area (Å²) in [5.41, 5.74) is 5.21. The third kappa shape index (κ3) is 3.55. The molecule has 1 heterocycles. The normalized spacial score (nSPS) is 18.6. The lowest BCUT2D eigenvalue weighted by Gasteiger charge is -2.29. The highest BCUT2D eigenvalue weighted by molar-refractivity contribution is 6.31. The molecule has 5 nitrogen and oxygen atoms in total. The van der Waals surface area contributed by atoms with E-state index in [1.807, 2.05) is 6.07 Å². The highest BCUT2D eigenvalue weighted by Crippen LogP contribution is 2.31. The van der Waals surface area contributed by atoms with Gasteiger partial charge >= 0.3 is 6.03 Å². The lowest BCUT2D eigenvalue weighted by molar-refractivity contribution is -0.113. The number of benzene rings is 2.